The number of amides is 1. The molecule has 5 heteroatoms. The maximum absolute atomic E-state index is 12.2. The van der Waals surface area contributed by atoms with Crippen LogP contribution in [0.25, 0.3) is 0 Å². The number of aliphatic hydroxyl groups is 1. The standard InChI is InChI=1S/C17H22N2O2S/c1-4-16-19-14(11-22-16)12(2)18-15(20)10-17(3,21)13-8-6-5-7-9-13/h5-9,11-12,21H,4,10H2,1-3H3,(H,18,20). The second kappa shape index (κ2) is 7.03. The van der Waals surface area contributed by atoms with Crippen LogP contribution in [0.3, 0.4) is 0 Å². The molecule has 0 radical (unpaired) electrons. The van der Waals surface area contributed by atoms with Gasteiger partial charge in [0.05, 0.1) is 28.8 Å². The molecule has 2 atom stereocenters. The van der Waals surface area contributed by atoms with Crippen molar-refractivity contribution in [1.29, 1.82) is 0 Å². The number of hydrogen-bond acceptors (Lipinski definition) is 4. The molecule has 0 bridgehead atoms. The zero-order valence-electron chi connectivity index (χ0n) is 13.2. The summed E-state index contributed by atoms with van der Waals surface area (Å²) in [6, 6.07) is 9.08. The molecule has 0 aliphatic rings. The normalized spacial score (nSPS) is 15.1. The minimum absolute atomic E-state index is 0.0200. The Labute approximate surface area is 135 Å². The number of thiazole rings is 1. The fraction of sp³-hybridized carbons (Fsp3) is 0.412. The van der Waals surface area contributed by atoms with Crippen molar-refractivity contribution in [3.63, 3.8) is 0 Å². The van der Waals surface area contributed by atoms with E-state index in [2.05, 4.69) is 17.2 Å². The van der Waals surface area contributed by atoms with Gasteiger partial charge in [-0.15, -0.1) is 11.3 Å². The predicted molar refractivity (Wildman–Crippen MR) is 88.7 cm³/mol. The van der Waals surface area contributed by atoms with Crippen LogP contribution in [0.5, 0.6) is 0 Å². The van der Waals surface area contributed by atoms with E-state index in [0.29, 0.717) is 0 Å². The molecule has 0 saturated carbocycles. The first-order valence-corrected chi connectivity index (χ1v) is 8.32. The van der Waals surface area contributed by atoms with Crippen LogP contribution >= 0.6 is 11.3 Å². The summed E-state index contributed by atoms with van der Waals surface area (Å²) >= 11 is 1.60. The maximum atomic E-state index is 12.2. The van der Waals surface area contributed by atoms with E-state index in [-0.39, 0.29) is 18.4 Å². The van der Waals surface area contributed by atoms with Gasteiger partial charge in [-0.05, 0) is 25.8 Å². The molecule has 118 valence electrons. The van der Waals surface area contributed by atoms with Gasteiger partial charge in [-0.2, -0.15) is 0 Å². The third-order valence-corrected chi connectivity index (χ3v) is 4.60. The van der Waals surface area contributed by atoms with E-state index in [1.807, 2.05) is 42.6 Å². The number of nitrogens with zero attached hydrogens (tertiary/aromatic N) is 1. The van der Waals surface area contributed by atoms with Crippen LogP contribution in [0.1, 0.15) is 49.5 Å². The van der Waals surface area contributed by atoms with Crippen molar-refractivity contribution in [3.8, 4) is 0 Å². The summed E-state index contributed by atoms with van der Waals surface area (Å²) in [6.07, 6.45) is 0.917. The van der Waals surface area contributed by atoms with Gasteiger partial charge in [0.1, 0.15) is 0 Å². The van der Waals surface area contributed by atoms with Gasteiger partial charge in [0.15, 0.2) is 0 Å². The second-order valence-electron chi connectivity index (χ2n) is 5.63. The largest absolute Gasteiger partial charge is 0.385 e. The number of nitrogens with one attached hydrogen (secondary N) is 1. The molecule has 0 saturated heterocycles. The Kier molecular flexibility index (Phi) is 5.32. The third kappa shape index (κ3) is 4.15. The maximum Gasteiger partial charge on any atom is 0.223 e. The number of carbonyl (C=O) groups excluding carboxylic acids is 1. The molecule has 2 rings (SSSR count). The van der Waals surface area contributed by atoms with Crippen molar-refractivity contribution in [2.75, 3.05) is 0 Å². The first-order chi connectivity index (χ1) is 10.4. The summed E-state index contributed by atoms with van der Waals surface area (Å²) in [6.45, 7) is 5.62. The zero-order valence-corrected chi connectivity index (χ0v) is 14.0. The SMILES string of the molecule is CCc1nc(C(C)NC(=O)CC(C)(O)c2ccccc2)cs1. The third-order valence-electron chi connectivity index (χ3n) is 3.59. The monoisotopic (exact) mass is 318 g/mol. The van der Waals surface area contributed by atoms with Gasteiger partial charge in [-0.25, -0.2) is 4.98 Å². The van der Waals surface area contributed by atoms with Crippen molar-refractivity contribution >= 4 is 17.2 Å². The molecule has 1 aromatic heterocycles. The average Bonchev–Trinajstić information content (AvgIpc) is 2.96. The summed E-state index contributed by atoms with van der Waals surface area (Å²) in [7, 11) is 0. The molecule has 0 spiro atoms. The van der Waals surface area contributed by atoms with Crippen molar-refractivity contribution in [2.45, 2.75) is 45.3 Å². The Hall–Kier alpha value is -1.72. The van der Waals surface area contributed by atoms with Gasteiger partial charge in [0, 0.05) is 5.38 Å². The Morgan fingerprint density at radius 2 is 2.09 bits per heavy atom. The van der Waals surface area contributed by atoms with E-state index in [0.717, 1.165) is 22.7 Å². The number of aromatic nitrogens is 1. The molecule has 1 amide bonds. The summed E-state index contributed by atoms with van der Waals surface area (Å²) in [5.41, 5.74) is 0.427. The molecule has 0 fully saturated rings. The zero-order chi connectivity index (χ0) is 16.2. The van der Waals surface area contributed by atoms with Gasteiger partial charge in [-0.3, -0.25) is 4.79 Å². The van der Waals surface area contributed by atoms with E-state index < -0.39 is 5.60 Å². The van der Waals surface area contributed by atoms with Gasteiger partial charge in [-0.1, -0.05) is 37.3 Å². The first-order valence-electron chi connectivity index (χ1n) is 7.44. The molecule has 1 heterocycles. The van der Waals surface area contributed by atoms with Crippen LogP contribution in [0.2, 0.25) is 0 Å². The minimum atomic E-state index is -1.18. The van der Waals surface area contributed by atoms with Gasteiger partial charge >= 0.3 is 0 Å². The Morgan fingerprint density at radius 1 is 1.41 bits per heavy atom. The van der Waals surface area contributed by atoms with E-state index in [9.17, 15) is 9.90 Å². The number of rotatable bonds is 6. The molecule has 2 N–H and O–H groups in total. The number of aryl methyl sites for hydroxylation is 1. The predicted octanol–water partition coefficient (Wildman–Crippen LogP) is 3.18. The first kappa shape index (κ1) is 16.6. The highest BCUT2D eigenvalue weighted by atomic mass is 32.1. The van der Waals surface area contributed by atoms with Crippen LogP contribution in [-0.2, 0) is 16.8 Å². The summed E-state index contributed by atoms with van der Waals surface area (Å²) < 4.78 is 0. The Balaban J connectivity index is 1.97. The summed E-state index contributed by atoms with van der Waals surface area (Å²) in [4.78, 5) is 16.7. The lowest BCUT2D eigenvalue weighted by molar-refractivity contribution is -0.126. The fourth-order valence-electron chi connectivity index (χ4n) is 2.26. The lowest BCUT2D eigenvalue weighted by Crippen LogP contribution is -2.34. The smallest absolute Gasteiger partial charge is 0.223 e. The molecule has 2 unspecified atom stereocenters. The summed E-state index contributed by atoms with van der Waals surface area (Å²) in [5, 5.41) is 16.4. The molecule has 0 aliphatic heterocycles. The van der Waals surface area contributed by atoms with Gasteiger partial charge < -0.3 is 10.4 Å². The quantitative estimate of drug-likeness (QED) is 0.860. The van der Waals surface area contributed by atoms with Crippen molar-refractivity contribution in [2.24, 2.45) is 0 Å². The van der Waals surface area contributed by atoms with Crippen LogP contribution in [-0.4, -0.2) is 16.0 Å². The minimum Gasteiger partial charge on any atom is -0.385 e. The Morgan fingerprint density at radius 3 is 2.68 bits per heavy atom. The topological polar surface area (TPSA) is 62.2 Å². The highest BCUT2D eigenvalue weighted by Gasteiger charge is 2.27. The van der Waals surface area contributed by atoms with Crippen molar-refractivity contribution < 1.29 is 9.90 Å². The van der Waals surface area contributed by atoms with Crippen molar-refractivity contribution in [3.05, 3.63) is 52.0 Å². The van der Waals surface area contributed by atoms with Gasteiger partial charge in [0.2, 0.25) is 5.91 Å². The number of benzene rings is 1. The van der Waals surface area contributed by atoms with E-state index >= 15 is 0 Å². The van der Waals surface area contributed by atoms with Crippen LogP contribution in [0.15, 0.2) is 35.7 Å². The lowest BCUT2D eigenvalue weighted by atomic mass is 9.92. The lowest BCUT2D eigenvalue weighted by Gasteiger charge is -2.24. The molecular weight excluding hydrogens is 296 g/mol. The van der Waals surface area contributed by atoms with Crippen LogP contribution in [0, 0.1) is 0 Å². The Bertz CT molecular complexity index is 623. The highest BCUT2D eigenvalue weighted by molar-refractivity contribution is 7.09. The fourth-order valence-corrected chi connectivity index (χ4v) is 3.10. The van der Waals surface area contributed by atoms with Crippen LogP contribution < -0.4 is 5.32 Å². The van der Waals surface area contributed by atoms with Gasteiger partial charge in [0.25, 0.3) is 0 Å². The number of hydrogen-bond donors (Lipinski definition) is 2. The second-order valence-corrected chi connectivity index (χ2v) is 6.57. The van der Waals surface area contributed by atoms with Crippen LogP contribution in [0.4, 0.5) is 0 Å². The molecule has 0 aliphatic carbocycles. The highest BCUT2D eigenvalue weighted by Crippen LogP contribution is 2.24. The summed E-state index contributed by atoms with van der Waals surface area (Å²) in [5.74, 6) is -0.188. The van der Waals surface area contributed by atoms with E-state index in [1.54, 1.807) is 18.3 Å². The van der Waals surface area contributed by atoms with Crippen molar-refractivity contribution in [1.82, 2.24) is 10.3 Å². The van der Waals surface area contributed by atoms with E-state index in [4.69, 9.17) is 0 Å². The molecular formula is C17H22N2O2S. The molecule has 2 aromatic rings. The van der Waals surface area contributed by atoms with E-state index in [1.165, 1.54) is 0 Å². The number of carbonyl (C=O) groups is 1. The average molecular weight is 318 g/mol. The molecule has 1 aromatic carbocycles. The molecule has 22 heavy (non-hydrogen) atoms. The molecule has 4 nitrogen and oxygen atoms in total.